The van der Waals surface area contributed by atoms with Crippen LogP contribution in [-0.2, 0) is 26.3 Å². The molecule has 0 radical (unpaired) electrons. The summed E-state index contributed by atoms with van der Waals surface area (Å²) in [6.45, 7) is 7.92. The van der Waals surface area contributed by atoms with Crippen molar-refractivity contribution in [2.24, 2.45) is 5.92 Å². The van der Waals surface area contributed by atoms with Crippen molar-refractivity contribution in [1.29, 1.82) is 0 Å². The number of aryl methyl sites for hydroxylation is 1. The second-order valence-electron chi connectivity index (χ2n) is 12.2. The molecule has 3 aromatic carbocycles. The average Bonchev–Trinajstić information content (AvgIpc) is 3.44. The van der Waals surface area contributed by atoms with Crippen molar-refractivity contribution >= 4 is 57.9 Å². The zero-order valence-corrected chi connectivity index (χ0v) is 26.6. The topological polar surface area (TPSA) is 132 Å². The Bertz CT molecular complexity index is 1910. The van der Waals surface area contributed by atoms with E-state index in [1.165, 1.54) is 28.8 Å². The summed E-state index contributed by atoms with van der Waals surface area (Å²) in [5, 5.41) is 13.7. The molecule has 4 aromatic rings. The molecule has 0 aliphatic carbocycles. The third kappa shape index (κ3) is 5.48. The Morgan fingerprint density at radius 2 is 1.62 bits per heavy atom. The van der Waals surface area contributed by atoms with Gasteiger partial charge in [0.05, 0.1) is 21.6 Å². The number of non-ortho nitro benzene ring substituents is 1. The Hall–Kier alpha value is -4.55. The van der Waals surface area contributed by atoms with Crippen molar-refractivity contribution in [3.8, 4) is 0 Å². The molecule has 3 heterocycles. The second-order valence-corrected chi connectivity index (χ2v) is 14.3. The van der Waals surface area contributed by atoms with Gasteiger partial charge in [0.15, 0.2) is 0 Å². The highest BCUT2D eigenvalue weighted by Gasteiger charge is 2.56. The number of nitro groups is 1. The molecule has 1 saturated heterocycles. The van der Waals surface area contributed by atoms with Crippen LogP contribution in [0, 0.1) is 23.0 Å². The molecule has 10 nitrogen and oxygen atoms in total. The number of thiazole rings is 1. The highest BCUT2D eigenvalue weighted by Crippen LogP contribution is 2.54. The maximum atomic E-state index is 14.1. The molecular formula is C33H30N4O6S2. The van der Waals surface area contributed by atoms with Crippen LogP contribution in [0.3, 0.4) is 0 Å². The van der Waals surface area contributed by atoms with Gasteiger partial charge in [-0.15, -0.1) is 0 Å². The summed E-state index contributed by atoms with van der Waals surface area (Å²) < 4.78 is 1.39. The average molecular weight is 643 g/mol. The molecule has 0 spiro atoms. The fourth-order valence-corrected chi connectivity index (χ4v) is 8.60. The predicted octanol–water partition coefficient (Wildman–Crippen LogP) is 5.86. The maximum Gasteiger partial charge on any atom is 0.308 e. The van der Waals surface area contributed by atoms with Crippen molar-refractivity contribution < 1.29 is 19.3 Å². The van der Waals surface area contributed by atoms with Gasteiger partial charge in [0.1, 0.15) is 11.8 Å². The van der Waals surface area contributed by atoms with Gasteiger partial charge in [-0.05, 0) is 47.2 Å². The Labute approximate surface area is 267 Å². The number of thioether (sulfide) groups is 1. The molecule has 0 unspecified atom stereocenters. The van der Waals surface area contributed by atoms with Gasteiger partial charge in [-0.25, -0.2) is 4.90 Å². The van der Waals surface area contributed by atoms with Crippen LogP contribution >= 0.6 is 23.1 Å². The number of anilines is 2. The molecule has 6 rings (SSSR count). The van der Waals surface area contributed by atoms with Crippen molar-refractivity contribution in [3.63, 3.8) is 0 Å². The monoisotopic (exact) mass is 642 g/mol. The number of para-hydroxylation sites is 1. The number of carbonyl (C=O) groups excluding carboxylic acids is 3. The molecule has 12 heteroatoms. The maximum absolute atomic E-state index is 14.1. The van der Waals surface area contributed by atoms with E-state index in [1.807, 2.05) is 49.4 Å². The van der Waals surface area contributed by atoms with Gasteiger partial charge < -0.3 is 5.32 Å². The van der Waals surface area contributed by atoms with Crippen LogP contribution in [0.1, 0.15) is 48.3 Å². The number of imide groups is 1. The summed E-state index contributed by atoms with van der Waals surface area (Å²) in [6, 6.07) is 20.5. The number of amides is 3. The fraction of sp³-hybridized carbons (Fsp3) is 0.273. The number of rotatable bonds is 6. The molecule has 2 aliphatic rings. The lowest BCUT2D eigenvalue weighted by Crippen LogP contribution is -2.33. The summed E-state index contributed by atoms with van der Waals surface area (Å²) in [5.74, 6) is -2.73. The molecule has 0 saturated carbocycles. The minimum atomic E-state index is -0.868. The van der Waals surface area contributed by atoms with E-state index in [1.54, 1.807) is 6.07 Å². The van der Waals surface area contributed by atoms with E-state index < -0.39 is 33.8 Å². The van der Waals surface area contributed by atoms with Gasteiger partial charge in [-0.1, -0.05) is 86.3 Å². The molecule has 1 aromatic heterocycles. The van der Waals surface area contributed by atoms with E-state index in [0.29, 0.717) is 15.6 Å². The van der Waals surface area contributed by atoms with Crippen LogP contribution in [0.5, 0.6) is 0 Å². The number of nitro benzene ring substituents is 1. The SMILES string of the molecule is Cc1ccccc1NC(=O)Cn1c2c(sc1=O)[C@@H](c1ccc(C(C)(C)C)cc1)[C@@H]1C(=O)N(c3ccc([N+](=O)[O-])cc3)C(=O)[C@@H]1S2. The quantitative estimate of drug-likeness (QED) is 0.158. The summed E-state index contributed by atoms with van der Waals surface area (Å²) in [6.07, 6.45) is 0. The van der Waals surface area contributed by atoms with Crippen LogP contribution in [0.25, 0.3) is 0 Å². The zero-order valence-electron chi connectivity index (χ0n) is 25.0. The van der Waals surface area contributed by atoms with E-state index in [2.05, 4.69) is 26.1 Å². The van der Waals surface area contributed by atoms with Crippen molar-refractivity contribution in [3.05, 3.63) is 114 Å². The van der Waals surface area contributed by atoms with E-state index in [-0.39, 0.29) is 34.1 Å². The number of fused-ring (bicyclic) bond motifs is 2. The van der Waals surface area contributed by atoms with Gasteiger partial charge >= 0.3 is 4.87 Å². The molecule has 3 atom stereocenters. The molecule has 0 bridgehead atoms. The molecular weight excluding hydrogens is 613 g/mol. The second kappa shape index (κ2) is 11.4. The Kier molecular flexibility index (Phi) is 7.74. The van der Waals surface area contributed by atoms with Crippen LogP contribution in [0.2, 0.25) is 0 Å². The van der Waals surface area contributed by atoms with Crippen molar-refractivity contribution in [1.82, 2.24) is 4.57 Å². The number of carbonyl (C=O) groups is 3. The first-order valence-electron chi connectivity index (χ1n) is 14.3. The summed E-state index contributed by atoms with van der Waals surface area (Å²) in [5.41, 5.74) is 3.36. The Morgan fingerprint density at radius 1 is 0.956 bits per heavy atom. The molecule has 45 heavy (non-hydrogen) atoms. The normalized spacial score (nSPS) is 19.3. The minimum Gasteiger partial charge on any atom is -0.324 e. The van der Waals surface area contributed by atoms with Gasteiger partial charge in [0.25, 0.3) is 5.69 Å². The molecule has 1 fully saturated rings. The van der Waals surface area contributed by atoms with Crippen LogP contribution < -0.4 is 15.1 Å². The fourth-order valence-electron chi connectivity index (χ4n) is 5.83. The van der Waals surface area contributed by atoms with Gasteiger partial charge in [0, 0.05) is 28.6 Å². The van der Waals surface area contributed by atoms with E-state index >= 15 is 0 Å². The first-order valence-corrected chi connectivity index (χ1v) is 16.0. The third-order valence-corrected chi connectivity index (χ3v) is 10.8. The number of hydrogen-bond donors (Lipinski definition) is 1. The lowest BCUT2D eigenvalue weighted by Gasteiger charge is -2.31. The predicted molar refractivity (Wildman–Crippen MR) is 174 cm³/mol. The van der Waals surface area contributed by atoms with Gasteiger partial charge in [-0.3, -0.25) is 33.9 Å². The van der Waals surface area contributed by atoms with E-state index in [4.69, 9.17) is 0 Å². The first-order chi connectivity index (χ1) is 21.3. The molecule has 3 amide bonds. The Balaban J connectivity index is 1.42. The summed E-state index contributed by atoms with van der Waals surface area (Å²) in [7, 11) is 0. The number of hydrogen-bond acceptors (Lipinski definition) is 8. The summed E-state index contributed by atoms with van der Waals surface area (Å²) >= 11 is 2.11. The Morgan fingerprint density at radius 3 is 2.24 bits per heavy atom. The third-order valence-electron chi connectivity index (χ3n) is 8.22. The van der Waals surface area contributed by atoms with Crippen molar-refractivity contribution in [2.75, 3.05) is 10.2 Å². The minimum absolute atomic E-state index is 0.112. The van der Waals surface area contributed by atoms with Gasteiger partial charge in [-0.2, -0.15) is 0 Å². The van der Waals surface area contributed by atoms with Gasteiger partial charge in [0.2, 0.25) is 17.7 Å². The lowest BCUT2D eigenvalue weighted by atomic mass is 9.81. The molecule has 1 N–H and O–H groups in total. The number of nitrogens with zero attached hydrogens (tertiary/aromatic N) is 3. The zero-order chi connectivity index (χ0) is 32.2. The number of aromatic nitrogens is 1. The molecule has 230 valence electrons. The van der Waals surface area contributed by atoms with Crippen LogP contribution in [0.4, 0.5) is 17.1 Å². The highest BCUT2D eigenvalue weighted by molar-refractivity contribution is 8.00. The largest absolute Gasteiger partial charge is 0.324 e. The number of nitrogens with one attached hydrogen (secondary N) is 1. The van der Waals surface area contributed by atoms with Crippen LogP contribution in [0.15, 0.2) is 82.6 Å². The highest BCUT2D eigenvalue weighted by atomic mass is 32.2. The standard InChI is InChI=1S/C33H30N4O6S2/c1-18-7-5-6-8-23(18)34-24(38)17-35-31-28(45-32(35)41)25(19-9-11-20(12-10-19)33(2,3)4)26-27(44-31)30(40)36(29(26)39)21-13-15-22(16-14-21)37(42)43/h5-16,25-27H,17H2,1-4H3,(H,34,38)/t25-,26-,27+/m0/s1. The number of benzene rings is 3. The summed E-state index contributed by atoms with van der Waals surface area (Å²) in [4.78, 5) is 66.7. The first kappa shape index (κ1) is 30.5. The van der Waals surface area contributed by atoms with Crippen molar-refractivity contribution in [2.45, 2.75) is 55.8 Å². The van der Waals surface area contributed by atoms with E-state index in [9.17, 15) is 29.3 Å². The lowest BCUT2D eigenvalue weighted by molar-refractivity contribution is -0.384. The van der Waals surface area contributed by atoms with E-state index in [0.717, 1.165) is 44.7 Å². The van der Waals surface area contributed by atoms with Crippen LogP contribution in [-0.4, -0.2) is 32.5 Å². The molecule has 2 aliphatic heterocycles. The smallest absolute Gasteiger partial charge is 0.308 e.